The van der Waals surface area contributed by atoms with Gasteiger partial charge < -0.3 is 11.1 Å². The average Bonchev–Trinajstić information content (AvgIpc) is 2.63. The molecule has 1 aliphatic heterocycles. The standard InChI is InChI=1S/C21H27N3O/c1-21(22,18-10-4-2-5-11-18)20(25)23-19-12-8-9-17(15-19)16-24-13-6-3-7-14-24/h2,4-5,8-12,15H,3,6-7,13-14,16,22H2,1H3,(H,23,25). The molecule has 4 nitrogen and oxygen atoms in total. The van der Waals surface area contributed by atoms with Crippen molar-refractivity contribution in [1.82, 2.24) is 4.90 Å². The second-order valence-corrected chi connectivity index (χ2v) is 7.06. The minimum Gasteiger partial charge on any atom is -0.324 e. The summed E-state index contributed by atoms with van der Waals surface area (Å²) in [6, 6.07) is 17.5. The Morgan fingerprint density at radius 2 is 1.80 bits per heavy atom. The van der Waals surface area contributed by atoms with E-state index in [2.05, 4.69) is 16.3 Å². The molecule has 0 spiro atoms. The van der Waals surface area contributed by atoms with Crippen LogP contribution >= 0.6 is 0 Å². The van der Waals surface area contributed by atoms with Gasteiger partial charge in [-0.15, -0.1) is 0 Å². The molecule has 2 aromatic carbocycles. The first-order valence-electron chi connectivity index (χ1n) is 9.03. The van der Waals surface area contributed by atoms with Gasteiger partial charge in [-0.3, -0.25) is 9.69 Å². The Kier molecular flexibility index (Phi) is 5.51. The van der Waals surface area contributed by atoms with E-state index in [1.54, 1.807) is 6.92 Å². The molecule has 1 saturated heterocycles. The first-order chi connectivity index (χ1) is 12.1. The SMILES string of the molecule is CC(N)(C(=O)Nc1cccc(CN2CCCCC2)c1)c1ccccc1. The van der Waals surface area contributed by atoms with Crippen molar-refractivity contribution in [3.05, 3.63) is 65.7 Å². The van der Waals surface area contributed by atoms with Crippen molar-refractivity contribution in [3.63, 3.8) is 0 Å². The van der Waals surface area contributed by atoms with Crippen LogP contribution in [-0.4, -0.2) is 23.9 Å². The molecule has 4 heteroatoms. The van der Waals surface area contributed by atoms with Crippen LogP contribution in [0.25, 0.3) is 0 Å². The third-order valence-electron chi connectivity index (χ3n) is 4.88. The van der Waals surface area contributed by atoms with Gasteiger partial charge in [-0.05, 0) is 56.1 Å². The third kappa shape index (κ3) is 4.47. The van der Waals surface area contributed by atoms with E-state index in [0.717, 1.165) is 30.9 Å². The molecule has 2 aromatic rings. The van der Waals surface area contributed by atoms with Crippen molar-refractivity contribution < 1.29 is 4.79 Å². The minimum atomic E-state index is -1.07. The van der Waals surface area contributed by atoms with Crippen LogP contribution in [0.5, 0.6) is 0 Å². The molecule has 3 N–H and O–H groups in total. The highest BCUT2D eigenvalue weighted by atomic mass is 16.2. The number of nitrogens with one attached hydrogen (secondary N) is 1. The van der Waals surface area contributed by atoms with E-state index in [4.69, 9.17) is 5.73 Å². The molecule has 1 amide bonds. The highest BCUT2D eigenvalue weighted by Crippen LogP contribution is 2.21. The number of hydrogen-bond donors (Lipinski definition) is 2. The Hall–Kier alpha value is -2.17. The van der Waals surface area contributed by atoms with Crippen LogP contribution in [0.1, 0.15) is 37.3 Å². The van der Waals surface area contributed by atoms with Gasteiger partial charge in [-0.25, -0.2) is 0 Å². The van der Waals surface area contributed by atoms with Crippen molar-refractivity contribution in [2.75, 3.05) is 18.4 Å². The topological polar surface area (TPSA) is 58.4 Å². The molecule has 1 aliphatic rings. The van der Waals surface area contributed by atoms with Gasteiger partial charge in [0.05, 0.1) is 0 Å². The number of likely N-dealkylation sites (tertiary alicyclic amines) is 1. The highest BCUT2D eigenvalue weighted by molar-refractivity contribution is 5.98. The molecule has 1 atom stereocenters. The third-order valence-corrected chi connectivity index (χ3v) is 4.88. The number of piperidine rings is 1. The van der Waals surface area contributed by atoms with E-state index < -0.39 is 5.54 Å². The fourth-order valence-corrected chi connectivity index (χ4v) is 3.30. The summed E-state index contributed by atoms with van der Waals surface area (Å²) >= 11 is 0. The molecular formula is C21H27N3O. The van der Waals surface area contributed by atoms with Gasteiger partial charge in [0.25, 0.3) is 0 Å². The summed E-state index contributed by atoms with van der Waals surface area (Å²) in [4.78, 5) is 15.2. The number of rotatable bonds is 5. The van der Waals surface area contributed by atoms with E-state index in [-0.39, 0.29) is 5.91 Å². The summed E-state index contributed by atoms with van der Waals surface area (Å²) in [6.07, 6.45) is 3.89. The lowest BCUT2D eigenvalue weighted by molar-refractivity contribution is -0.120. The van der Waals surface area contributed by atoms with E-state index in [0.29, 0.717) is 0 Å². The predicted molar refractivity (Wildman–Crippen MR) is 102 cm³/mol. The molecule has 1 fully saturated rings. The maximum atomic E-state index is 12.7. The normalized spacial score (nSPS) is 17.7. The Bertz CT molecular complexity index is 706. The number of carbonyl (C=O) groups is 1. The average molecular weight is 337 g/mol. The largest absolute Gasteiger partial charge is 0.324 e. The quantitative estimate of drug-likeness (QED) is 0.878. The molecule has 0 aromatic heterocycles. The lowest BCUT2D eigenvalue weighted by atomic mass is 9.92. The van der Waals surface area contributed by atoms with Crippen molar-refractivity contribution in [2.24, 2.45) is 5.73 Å². The van der Waals surface area contributed by atoms with Gasteiger partial charge in [0, 0.05) is 12.2 Å². The van der Waals surface area contributed by atoms with Gasteiger partial charge in [0.15, 0.2) is 0 Å². The molecule has 0 radical (unpaired) electrons. The second-order valence-electron chi connectivity index (χ2n) is 7.06. The zero-order valence-corrected chi connectivity index (χ0v) is 14.9. The lowest BCUT2D eigenvalue weighted by Gasteiger charge is -2.27. The van der Waals surface area contributed by atoms with Crippen molar-refractivity contribution in [1.29, 1.82) is 0 Å². The van der Waals surface area contributed by atoms with Gasteiger partial charge >= 0.3 is 0 Å². The van der Waals surface area contributed by atoms with Crippen LogP contribution in [0.3, 0.4) is 0 Å². The first-order valence-corrected chi connectivity index (χ1v) is 9.03. The molecule has 25 heavy (non-hydrogen) atoms. The molecule has 3 rings (SSSR count). The molecule has 0 bridgehead atoms. The van der Waals surface area contributed by atoms with E-state index in [1.807, 2.05) is 48.5 Å². The number of anilines is 1. The number of amides is 1. The van der Waals surface area contributed by atoms with Gasteiger partial charge in [-0.2, -0.15) is 0 Å². The van der Waals surface area contributed by atoms with Crippen LogP contribution in [0.4, 0.5) is 5.69 Å². The maximum Gasteiger partial charge on any atom is 0.248 e. The Morgan fingerprint density at radius 3 is 2.52 bits per heavy atom. The number of nitrogens with two attached hydrogens (primary N) is 1. The second kappa shape index (κ2) is 7.81. The summed E-state index contributed by atoms with van der Waals surface area (Å²) < 4.78 is 0. The summed E-state index contributed by atoms with van der Waals surface area (Å²) in [5.41, 5.74) is 8.05. The zero-order chi connectivity index (χ0) is 17.7. The summed E-state index contributed by atoms with van der Waals surface area (Å²) in [5.74, 6) is -0.200. The highest BCUT2D eigenvalue weighted by Gasteiger charge is 2.30. The number of nitrogens with zero attached hydrogens (tertiary/aromatic N) is 1. The first kappa shape index (κ1) is 17.6. The maximum absolute atomic E-state index is 12.7. The minimum absolute atomic E-state index is 0.200. The van der Waals surface area contributed by atoms with Crippen LogP contribution < -0.4 is 11.1 Å². The molecule has 1 heterocycles. The Balaban J connectivity index is 1.68. The smallest absolute Gasteiger partial charge is 0.248 e. The van der Waals surface area contributed by atoms with Crippen molar-refractivity contribution >= 4 is 11.6 Å². The van der Waals surface area contributed by atoms with E-state index in [1.165, 1.54) is 24.8 Å². The van der Waals surface area contributed by atoms with Crippen molar-refractivity contribution in [3.8, 4) is 0 Å². The van der Waals surface area contributed by atoms with Crippen LogP contribution in [-0.2, 0) is 16.9 Å². The predicted octanol–water partition coefficient (Wildman–Crippen LogP) is 3.49. The van der Waals surface area contributed by atoms with E-state index in [9.17, 15) is 4.79 Å². The Morgan fingerprint density at radius 1 is 1.08 bits per heavy atom. The van der Waals surface area contributed by atoms with Crippen LogP contribution in [0.2, 0.25) is 0 Å². The number of benzene rings is 2. The van der Waals surface area contributed by atoms with Gasteiger partial charge in [0.2, 0.25) is 5.91 Å². The van der Waals surface area contributed by atoms with Gasteiger partial charge in [-0.1, -0.05) is 48.9 Å². The summed E-state index contributed by atoms with van der Waals surface area (Å²) in [5, 5.41) is 2.98. The fourth-order valence-electron chi connectivity index (χ4n) is 3.30. The summed E-state index contributed by atoms with van der Waals surface area (Å²) in [7, 11) is 0. The number of hydrogen-bond acceptors (Lipinski definition) is 3. The Labute approximate surface area is 150 Å². The number of carbonyl (C=O) groups excluding carboxylic acids is 1. The molecule has 0 aliphatic carbocycles. The lowest BCUT2D eigenvalue weighted by Crippen LogP contribution is -2.45. The van der Waals surface area contributed by atoms with Crippen LogP contribution in [0, 0.1) is 0 Å². The van der Waals surface area contributed by atoms with Crippen LogP contribution in [0.15, 0.2) is 54.6 Å². The monoisotopic (exact) mass is 337 g/mol. The molecule has 132 valence electrons. The zero-order valence-electron chi connectivity index (χ0n) is 14.9. The molecule has 1 unspecified atom stereocenters. The van der Waals surface area contributed by atoms with Crippen molar-refractivity contribution in [2.45, 2.75) is 38.3 Å². The summed E-state index contributed by atoms with van der Waals surface area (Å²) in [6.45, 7) is 4.99. The van der Waals surface area contributed by atoms with Gasteiger partial charge in [0.1, 0.15) is 5.54 Å². The molecular weight excluding hydrogens is 310 g/mol. The molecule has 0 saturated carbocycles. The fraction of sp³-hybridized carbons (Fsp3) is 0.381. The van der Waals surface area contributed by atoms with E-state index >= 15 is 0 Å².